The number of nitrogens with one attached hydrogen (secondary N) is 1. The summed E-state index contributed by atoms with van der Waals surface area (Å²) in [7, 11) is 0. The van der Waals surface area contributed by atoms with Crippen LogP contribution in [0.5, 0.6) is 0 Å². The molecule has 0 aromatic heterocycles. The van der Waals surface area contributed by atoms with Crippen molar-refractivity contribution in [3.8, 4) is 0 Å². The number of rotatable bonds is 5. The maximum atomic E-state index is 12.4. The van der Waals surface area contributed by atoms with Gasteiger partial charge in [0.25, 0.3) is 0 Å². The van der Waals surface area contributed by atoms with Crippen LogP contribution in [0.25, 0.3) is 0 Å². The predicted octanol–water partition coefficient (Wildman–Crippen LogP) is 2.33. The molecule has 22 heavy (non-hydrogen) atoms. The van der Waals surface area contributed by atoms with E-state index in [0.717, 1.165) is 0 Å². The van der Waals surface area contributed by atoms with Gasteiger partial charge in [-0.1, -0.05) is 26.0 Å². The van der Waals surface area contributed by atoms with Gasteiger partial charge < -0.3 is 10.2 Å². The highest BCUT2D eigenvalue weighted by molar-refractivity contribution is 6.05. The van der Waals surface area contributed by atoms with E-state index >= 15 is 0 Å². The number of hydrogen-bond acceptors (Lipinski definition) is 3. The summed E-state index contributed by atoms with van der Waals surface area (Å²) in [6, 6.07) is 6.92. The minimum absolute atomic E-state index is 0.0219. The number of benzene rings is 1. The van der Waals surface area contributed by atoms with Crippen LogP contribution < -0.4 is 5.32 Å². The van der Waals surface area contributed by atoms with Gasteiger partial charge in [0.1, 0.15) is 0 Å². The van der Waals surface area contributed by atoms with E-state index in [9.17, 15) is 14.4 Å². The molecule has 1 saturated heterocycles. The Morgan fingerprint density at radius 3 is 2.64 bits per heavy atom. The zero-order valence-electron chi connectivity index (χ0n) is 13.3. The van der Waals surface area contributed by atoms with E-state index in [1.54, 1.807) is 29.2 Å². The SMILES string of the molecule is CC(=O)c1ccccc1NC(=O)C1CC(=O)N(CC(C)C)C1. The molecule has 1 unspecified atom stereocenters. The van der Waals surface area contributed by atoms with Gasteiger partial charge in [-0.05, 0) is 25.0 Å². The van der Waals surface area contributed by atoms with Gasteiger partial charge >= 0.3 is 0 Å². The first-order valence-electron chi connectivity index (χ1n) is 7.57. The van der Waals surface area contributed by atoms with Crippen LogP contribution in [-0.2, 0) is 9.59 Å². The molecule has 1 aromatic rings. The van der Waals surface area contributed by atoms with Crippen LogP contribution in [0.3, 0.4) is 0 Å². The Morgan fingerprint density at radius 2 is 2.00 bits per heavy atom. The van der Waals surface area contributed by atoms with Crippen molar-refractivity contribution in [2.45, 2.75) is 27.2 Å². The summed E-state index contributed by atoms with van der Waals surface area (Å²) in [6.07, 6.45) is 0.237. The molecule has 5 heteroatoms. The van der Waals surface area contributed by atoms with Gasteiger partial charge in [0.05, 0.1) is 11.6 Å². The molecule has 1 atom stereocenters. The van der Waals surface area contributed by atoms with E-state index in [1.807, 2.05) is 13.8 Å². The number of nitrogens with zero attached hydrogens (tertiary/aromatic N) is 1. The van der Waals surface area contributed by atoms with Crippen LogP contribution in [0.1, 0.15) is 37.6 Å². The van der Waals surface area contributed by atoms with Crippen molar-refractivity contribution < 1.29 is 14.4 Å². The lowest BCUT2D eigenvalue weighted by molar-refractivity contribution is -0.128. The van der Waals surface area contributed by atoms with Crippen molar-refractivity contribution in [1.29, 1.82) is 0 Å². The van der Waals surface area contributed by atoms with Gasteiger partial charge in [-0.25, -0.2) is 0 Å². The van der Waals surface area contributed by atoms with Gasteiger partial charge in [0.2, 0.25) is 11.8 Å². The molecule has 0 spiro atoms. The Labute approximate surface area is 130 Å². The minimum Gasteiger partial charge on any atom is -0.342 e. The molecular weight excluding hydrogens is 280 g/mol. The number of likely N-dealkylation sites (tertiary alicyclic amines) is 1. The molecule has 2 amide bonds. The first kappa shape index (κ1) is 16.2. The highest BCUT2D eigenvalue weighted by Crippen LogP contribution is 2.22. The number of Topliss-reactive ketones (excluding diaryl/α,β-unsaturated/α-hetero) is 1. The molecule has 1 fully saturated rings. The summed E-state index contributed by atoms with van der Waals surface area (Å²) in [6.45, 7) is 6.68. The molecule has 0 bridgehead atoms. The van der Waals surface area contributed by atoms with Crippen molar-refractivity contribution >= 4 is 23.3 Å². The summed E-state index contributed by atoms with van der Waals surface area (Å²) in [5, 5.41) is 2.79. The monoisotopic (exact) mass is 302 g/mol. The van der Waals surface area contributed by atoms with Crippen LogP contribution in [0.2, 0.25) is 0 Å². The topological polar surface area (TPSA) is 66.5 Å². The number of carbonyl (C=O) groups is 3. The molecule has 1 aliphatic rings. The van der Waals surface area contributed by atoms with Gasteiger partial charge in [-0.3, -0.25) is 14.4 Å². The third kappa shape index (κ3) is 3.72. The molecule has 0 aliphatic carbocycles. The second kappa shape index (κ2) is 6.73. The van der Waals surface area contributed by atoms with Crippen molar-refractivity contribution in [3.05, 3.63) is 29.8 Å². The van der Waals surface area contributed by atoms with E-state index in [-0.39, 0.29) is 29.9 Å². The summed E-state index contributed by atoms with van der Waals surface area (Å²) >= 11 is 0. The predicted molar refractivity (Wildman–Crippen MR) is 84.6 cm³/mol. The number of hydrogen-bond donors (Lipinski definition) is 1. The first-order valence-corrected chi connectivity index (χ1v) is 7.57. The quantitative estimate of drug-likeness (QED) is 0.849. The average Bonchev–Trinajstić information content (AvgIpc) is 2.80. The van der Waals surface area contributed by atoms with Gasteiger partial charge in [0.15, 0.2) is 5.78 Å². The van der Waals surface area contributed by atoms with E-state index in [0.29, 0.717) is 30.3 Å². The maximum absolute atomic E-state index is 12.4. The molecule has 2 rings (SSSR count). The van der Waals surface area contributed by atoms with Crippen molar-refractivity contribution in [2.75, 3.05) is 18.4 Å². The van der Waals surface area contributed by atoms with Crippen molar-refractivity contribution in [1.82, 2.24) is 4.90 Å². The standard InChI is InChI=1S/C17H22N2O3/c1-11(2)9-19-10-13(8-16(19)21)17(22)18-15-7-5-4-6-14(15)12(3)20/h4-7,11,13H,8-10H2,1-3H3,(H,18,22). The zero-order chi connectivity index (χ0) is 16.3. The Kier molecular flexibility index (Phi) is 4.96. The second-order valence-electron chi connectivity index (χ2n) is 6.18. The zero-order valence-corrected chi connectivity index (χ0v) is 13.3. The number of amides is 2. The molecule has 5 nitrogen and oxygen atoms in total. The summed E-state index contributed by atoms with van der Waals surface area (Å²) in [5.74, 6) is -0.252. The number of carbonyl (C=O) groups excluding carboxylic acids is 3. The Hall–Kier alpha value is -2.17. The molecule has 1 N–H and O–H groups in total. The normalized spacial score (nSPS) is 17.9. The number of para-hydroxylation sites is 1. The van der Waals surface area contributed by atoms with Crippen LogP contribution in [0.4, 0.5) is 5.69 Å². The second-order valence-corrected chi connectivity index (χ2v) is 6.18. The lowest BCUT2D eigenvalue weighted by Crippen LogP contribution is -2.31. The van der Waals surface area contributed by atoms with Crippen molar-refractivity contribution in [3.63, 3.8) is 0 Å². The maximum Gasteiger partial charge on any atom is 0.229 e. The molecule has 0 radical (unpaired) electrons. The fourth-order valence-electron chi connectivity index (χ4n) is 2.70. The largest absolute Gasteiger partial charge is 0.342 e. The van der Waals surface area contributed by atoms with E-state index in [2.05, 4.69) is 5.32 Å². The smallest absolute Gasteiger partial charge is 0.229 e. The molecule has 0 saturated carbocycles. The van der Waals surface area contributed by atoms with Crippen LogP contribution >= 0.6 is 0 Å². The highest BCUT2D eigenvalue weighted by atomic mass is 16.2. The van der Waals surface area contributed by atoms with Crippen LogP contribution in [0, 0.1) is 11.8 Å². The lowest BCUT2D eigenvalue weighted by Gasteiger charge is -2.18. The van der Waals surface area contributed by atoms with Gasteiger partial charge in [0, 0.05) is 25.1 Å². The lowest BCUT2D eigenvalue weighted by atomic mass is 10.1. The summed E-state index contributed by atoms with van der Waals surface area (Å²) < 4.78 is 0. The molecule has 118 valence electrons. The highest BCUT2D eigenvalue weighted by Gasteiger charge is 2.34. The molecule has 1 heterocycles. The Morgan fingerprint density at radius 1 is 1.32 bits per heavy atom. The third-order valence-electron chi connectivity index (χ3n) is 3.74. The van der Waals surface area contributed by atoms with Crippen LogP contribution in [-0.4, -0.2) is 35.6 Å². The molecule has 1 aromatic carbocycles. The van der Waals surface area contributed by atoms with Gasteiger partial charge in [-0.15, -0.1) is 0 Å². The molecule has 1 aliphatic heterocycles. The fraction of sp³-hybridized carbons (Fsp3) is 0.471. The summed E-state index contributed by atoms with van der Waals surface area (Å²) in [5.41, 5.74) is 0.994. The van der Waals surface area contributed by atoms with E-state index in [4.69, 9.17) is 0 Å². The number of ketones is 1. The van der Waals surface area contributed by atoms with E-state index < -0.39 is 0 Å². The molecular formula is C17H22N2O3. The average molecular weight is 302 g/mol. The van der Waals surface area contributed by atoms with Gasteiger partial charge in [-0.2, -0.15) is 0 Å². The van der Waals surface area contributed by atoms with Crippen molar-refractivity contribution in [2.24, 2.45) is 11.8 Å². The minimum atomic E-state index is -0.355. The number of anilines is 1. The Balaban J connectivity index is 2.05. The van der Waals surface area contributed by atoms with Crippen LogP contribution in [0.15, 0.2) is 24.3 Å². The van der Waals surface area contributed by atoms with E-state index in [1.165, 1.54) is 6.92 Å². The third-order valence-corrected chi connectivity index (χ3v) is 3.74. The summed E-state index contributed by atoms with van der Waals surface area (Å²) in [4.78, 5) is 37.6. The first-order chi connectivity index (χ1) is 10.4. The Bertz CT molecular complexity index is 595. The fourth-order valence-corrected chi connectivity index (χ4v) is 2.70.